The number of thioether (sulfide) groups is 1. The van der Waals surface area contributed by atoms with Gasteiger partial charge in [-0.15, -0.1) is 10.2 Å². The number of hydrogen-bond acceptors (Lipinski definition) is 5. The molecule has 0 aromatic carbocycles. The van der Waals surface area contributed by atoms with Crippen LogP contribution in [0.3, 0.4) is 0 Å². The smallest absolute Gasteiger partial charge is 0.313 e. The van der Waals surface area contributed by atoms with Crippen molar-refractivity contribution in [3.63, 3.8) is 0 Å². The van der Waals surface area contributed by atoms with Gasteiger partial charge in [-0.05, 0) is 26.7 Å². The highest BCUT2D eigenvalue weighted by atomic mass is 32.2. The number of unbranched alkanes of at least 4 members (excludes halogenated alkanes) is 1. The van der Waals surface area contributed by atoms with Crippen LogP contribution in [0, 0.1) is 0 Å². The van der Waals surface area contributed by atoms with Crippen LogP contribution in [-0.4, -0.2) is 44.2 Å². The number of hydrogen-bond donors (Lipinski definition) is 1. The lowest BCUT2D eigenvalue weighted by Gasteiger charge is -2.29. The fraction of sp³-hybridized carbons (Fsp3) is 0.786. The van der Waals surface area contributed by atoms with Gasteiger partial charge in [0.1, 0.15) is 0 Å². The van der Waals surface area contributed by atoms with Gasteiger partial charge in [-0.2, -0.15) is 0 Å². The Kier molecular flexibility index (Phi) is 7.56. The summed E-state index contributed by atoms with van der Waals surface area (Å²) in [5, 5.41) is 18.0. The molecule has 0 aliphatic rings. The van der Waals surface area contributed by atoms with Crippen molar-refractivity contribution < 1.29 is 9.90 Å². The quantitative estimate of drug-likeness (QED) is 0.670. The van der Waals surface area contributed by atoms with E-state index in [0.717, 1.165) is 38.3 Å². The number of carbonyl (C=O) groups is 1. The summed E-state index contributed by atoms with van der Waals surface area (Å²) in [4.78, 5) is 13.0. The molecule has 21 heavy (non-hydrogen) atoms. The third-order valence-corrected chi connectivity index (χ3v) is 4.42. The number of aliphatic carboxylic acids is 1. The fourth-order valence-corrected chi connectivity index (χ4v) is 2.79. The standard InChI is InChI=1S/C14H26N4O2S/c1-5-8-9-18(11(4)6-2)13-15-16-14(17(13)7-3)21-10-12(19)20/h11H,5-10H2,1-4H3,(H,19,20). The molecule has 1 heterocycles. The van der Waals surface area contributed by atoms with E-state index in [4.69, 9.17) is 5.11 Å². The van der Waals surface area contributed by atoms with Gasteiger partial charge in [0.2, 0.25) is 5.95 Å². The Bertz CT molecular complexity index is 450. The molecule has 1 N–H and O–H groups in total. The second kappa shape index (κ2) is 8.92. The van der Waals surface area contributed by atoms with Crippen LogP contribution in [0.1, 0.15) is 47.0 Å². The third kappa shape index (κ3) is 4.91. The van der Waals surface area contributed by atoms with Crippen molar-refractivity contribution in [3.05, 3.63) is 0 Å². The van der Waals surface area contributed by atoms with E-state index >= 15 is 0 Å². The molecule has 1 aromatic heterocycles. The summed E-state index contributed by atoms with van der Waals surface area (Å²) in [6.45, 7) is 10.3. The van der Waals surface area contributed by atoms with Crippen LogP contribution in [-0.2, 0) is 11.3 Å². The number of rotatable bonds is 10. The summed E-state index contributed by atoms with van der Waals surface area (Å²) < 4.78 is 2.01. The maximum atomic E-state index is 10.7. The summed E-state index contributed by atoms with van der Waals surface area (Å²) in [5.74, 6) is 0.0290. The molecule has 1 aromatic rings. The van der Waals surface area contributed by atoms with E-state index in [1.165, 1.54) is 11.8 Å². The minimum Gasteiger partial charge on any atom is -0.481 e. The highest BCUT2D eigenvalue weighted by Gasteiger charge is 2.21. The van der Waals surface area contributed by atoms with Gasteiger partial charge in [0.25, 0.3) is 0 Å². The first-order chi connectivity index (χ1) is 10.0. The van der Waals surface area contributed by atoms with Crippen LogP contribution in [0.4, 0.5) is 5.95 Å². The van der Waals surface area contributed by atoms with Crippen molar-refractivity contribution in [3.8, 4) is 0 Å². The molecule has 0 aliphatic carbocycles. The Balaban J connectivity index is 2.98. The third-order valence-electron chi connectivity index (χ3n) is 3.47. The summed E-state index contributed by atoms with van der Waals surface area (Å²) in [7, 11) is 0. The van der Waals surface area contributed by atoms with Gasteiger partial charge >= 0.3 is 5.97 Å². The molecule has 7 heteroatoms. The number of carboxylic acid groups (broad SMARTS) is 1. The molecule has 1 atom stereocenters. The SMILES string of the molecule is CCCCN(c1nnc(SCC(=O)O)n1CC)C(C)CC. The van der Waals surface area contributed by atoms with Gasteiger partial charge in [0.15, 0.2) is 5.16 Å². The van der Waals surface area contributed by atoms with Crippen molar-refractivity contribution in [1.82, 2.24) is 14.8 Å². The second-order valence-electron chi connectivity index (χ2n) is 5.01. The number of anilines is 1. The van der Waals surface area contributed by atoms with E-state index in [0.29, 0.717) is 11.2 Å². The van der Waals surface area contributed by atoms with E-state index in [1.54, 1.807) is 0 Å². The molecule has 0 bridgehead atoms. The molecule has 0 fully saturated rings. The largest absolute Gasteiger partial charge is 0.481 e. The normalized spacial score (nSPS) is 12.4. The first-order valence-corrected chi connectivity index (χ1v) is 8.58. The van der Waals surface area contributed by atoms with E-state index in [9.17, 15) is 4.79 Å². The van der Waals surface area contributed by atoms with Gasteiger partial charge in [-0.25, -0.2) is 0 Å². The minimum absolute atomic E-state index is 0.0103. The van der Waals surface area contributed by atoms with E-state index < -0.39 is 5.97 Å². The molecule has 0 spiro atoms. The Morgan fingerprint density at radius 3 is 2.62 bits per heavy atom. The highest BCUT2D eigenvalue weighted by molar-refractivity contribution is 7.99. The molecule has 0 saturated carbocycles. The summed E-state index contributed by atoms with van der Waals surface area (Å²) in [5.41, 5.74) is 0. The molecule has 0 saturated heterocycles. The zero-order valence-electron chi connectivity index (χ0n) is 13.4. The van der Waals surface area contributed by atoms with Gasteiger partial charge < -0.3 is 10.0 Å². The molecule has 1 rings (SSSR count). The van der Waals surface area contributed by atoms with Gasteiger partial charge in [-0.3, -0.25) is 9.36 Å². The average molecular weight is 314 g/mol. The summed E-state index contributed by atoms with van der Waals surface area (Å²) in [6, 6.07) is 0.392. The maximum absolute atomic E-state index is 10.7. The Hall–Kier alpha value is -1.24. The Labute approximate surface area is 130 Å². The number of nitrogens with zero attached hydrogens (tertiary/aromatic N) is 4. The van der Waals surface area contributed by atoms with Crippen LogP contribution >= 0.6 is 11.8 Å². The summed E-state index contributed by atoms with van der Waals surface area (Å²) in [6.07, 6.45) is 3.28. The van der Waals surface area contributed by atoms with Gasteiger partial charge in [-0.1, -0.05) is 32.0 Å². The Morgan fingerprint density at radius 1 is 1.38 bits per heavy atom. The summed E-state index contributed by atoms with van der Waals surface area (Å²) >= 11 is 1.22. The van der Waals surface area contributed by atoms with Gasteiger partial charge in [0, 0.05) is 19.1 Å². The topological polar surface area (TPSA) is 71.2 Å². The van der Waals surface area contributed by atoms with E-state index in [-0.39, 0.29) is 5.75 Å². The predicted octanol–water partition coefficient (Wildman–Crippen LogP) is 2.88. The Morgan fingerprint density at radius 2 is 2.10 bits per heavy atom. The minimum atomic E-state index is -0.836. The molecule has 0 amide bonds. The molecule has 120 valence electrons. The number of carboxylic acids is 1. The highest BCUT2D eigenvalue weighted by Crippen LogP contribution is 2.24. The fourth-order valence-electron chi connectivity index (χ4n) is 2.07. The van der Waals surface area contributed by atoms with Crippen LogP contribution < -0.4 is 4.90 Å². The second-order valence-corrected chi connectivity index (χ2v) is 5.96. The molecular formula is C14H26N4O2S. The average Bonchev–Trinajstić information content (AvgIpc) is 2.87. The first-order valence-electron chi connectivity index (χ1n) is 7.59. The van der Waals surface area contributed by atoms with Crippen molar-refractivity contribution in [1.29, 1.82) is 0 Å². The van der Waals surface area contributed by atoms with Crippen molar-refractivity contribution in [2.45, 2.75) is 64.7 Å². The van der Waals surface area contributed by atoms with Crippen molar-refractivity contribution in [2.24, 2.45) is 0 Å². The van der Waals surface area contributed by atoms with Crippen LogP contribution in [0.2, 0.25) is 0 Å². The maximum Gasteiger partial charge on any atom is 0.313 e. The lowest BCUT2D eigenvalue weighted by Crippen LogP contribution is -2.35. The van der Waals surface area contributed by atoms with Crippen molar-refractivity contribution >= 4 is 23.7 Å². The molecular weight excluding hydrogens is 288 g/mol. The van der Waals surface area contributed by atoms with E-state index in [1.807, 2.05) is 11.5 Å². The van der Waals surface area contributed by atoms with Crippen LogP contribution in [0.15, 0.2) is 5.16 Å². The first kappa shape index (κ1) is 17.8. The zero-order valence-corrected chi connectivity index (χ0v) is 14.2. The van der Waals surface area contributed by atoms with Crippen LogP contribution in [0.25, 0.3) is 0 Å². The van der Waals surface area contributed by atoms with Crippen LogP contribution in [0.5, 0.6) is 0 Å². The molecule has 0 aliphatic heterocycles. The lowest BCUT2D eigenvalue weighted by molar-refractivity contribution is -0.133. The lowest BCUT2D eigenvalue weighted by atomic mass is 10.2. The number of aromatic nitrogens is 3. The molecule has 1 unspecified atom stereocenters. The van der Waals surface area contributed by atoms with Gasteiger partial charge in [0.05, 0.1) is 5.75 Å². The van der Waals surface area contributed by atoms with E-state index in [2.05, 4.69) is 35.9 Å². The molecule has 6 nitrogen and oxygen atoms in total. The monoisotopic (exact) mass is 314 g/mol. The molecule has 0 radical (unpaired) electrons. The van der Waals surface area contributed by atoms with Crippen molar-refractivity contribution in [2.75, 3.05) is 17.2 Å². The predicted molar refractivity (Wildman–Crippen MR) is 86.1 cm³/mol. The zero-order chi connectivity index (χ0) is 15.8.